The summed E-state index contributed by atoms with van der Waals surface area (Å²) >= 11 is 0. The summed E-state index contributed by atoms with van der Waals surface area (Å²) in [6.07, 6.45) is 4.14. The second kappa shape index (κ2) is 3.53. The van der Waals surface area contributed by atoms with E-state index in [-0.39, 0.29) is 0 Å². The van der Waals surface area contributed by atoms with E-state index in [2.05, 4.69) is 30.6 Å². The molecule has 0 amide bonds. The minimum absolute atomic E-state index is 0.347. The van der Waals surface area contributed by atoms with Crippen molar-refractivity contribution in [2.45, 2.75) is 31.4 Å². The predicted octanol–water partition coefficient (Wildman–Crippen LogP) is 1.99. The maximum atomic E-state index is 6.00. The molecule has 1 saturated carbocycles. The molecular formula is C13H17NO. The number of hydrogen-bond acceptors (Lipinski definition) is 2. The van der Waals surface area contributed by atoms with Gasteiger partial charge in [0.25, 0.3) is 0 Å². The van der Waals surface area contributed by atoms with Gasteiger partial charge in [0.2, 0.25) is 0 Å². The maximum Gasteiger partial charge on any atom is 0.123 e. The summed E-state index contributed by atoms with van der Waals surface area (Å²) in [7, 11) is 2.05. The molecule has 1 N–H and O–H groups in total. The molecule has 0 radical (unpaired) electrons. The molecule has 2 unspecified atom stereocenters. The van der Waals surface area contributed by atoms with Gasteiger partial charge in [-0.2, -0.15) is 0 Å². The van der Waals surface area contributed by atoms with Crippen molar-refractivity contribution in [2.75, 3.05) is 7.05 Å². The van der Waals surface area contributed by atoms with Crippen molar-refractivity contribution in [3.05, 3.63) is 29.8 Å². The largest absolute Gasteiger partial charge is 0.488 e. The quantitative estimate of drug-likeness (QED) is 0.811. The monoisotopic (exact) mass is 203 g/mol. The SMILES string of the molecule is CNC(C1CC1)C1Cc2ccccc2O1. The molecule has 0 bridgehead atoms. The second-order valence-electron chi connectivity index (χ2n) is 4.62. The van der Waals surface area contributed by atoms with E-state index >= 15 is 0 Å². The Labute approximate surface area is 90.6 Å². The van der Waals surface area contributed by atoms with Crippen LogP contribution in [0.1, 0.15) is 18.4 Å². The zero-order valence-electron chi connectivity index (χ0n) is 9.07. The molecule has 2 heteroatoms. The zero-order valence-corrected chi connectivity index (χ0v) is 9.07. The van der Waals surface area contributed by atoms with Gasteiger partial charge in [0.05, 0.1) is 0 Å². The molecule has 0 spiro atoms. The lowest BCUT2D eigenvalue weighted by molar-refractivity contribution is 0.170. The highest BCUT2D eigenvalue weighted by Crippen LogP contribution is 2.38. The van der Waals surface area contributed by atoms with E-state index in [1.54, 1.807) is 0 Å². The number of benzene rings is 1. The molecule has 15 heavy (non-hydrogen) atoms. The fraction of sp³-hybridized carbons (Fsp3) is 0.538. The van der Waals surface area contributed by atoms with E-state index in [0.29, 0.717) is 12.1 Å². The number of likely N-dealkylation sites (N-methyl/N-ethyl adjacent to an activating group) is 1. The molecule has 0 aromatic heterocycles. The normalized spacial score (nSPS) is 25.8. The third-order valence-electron chi connectivity index (χ3n) is 3.54. The Hall–Kier alpha value is -1.02. The first-order chi connectivity index (χ1) is 7.38. The van der Waals surface area contributed by atoms with Gasteiger partial charge in [-0.15, -0.1) is 0 Å². The average molecular weight is 203 g/mol. The minimum atomic E-state index is 0.347. The predicted molar refractivity (Wildman–Crippen MR) is 60.1 cm³/mol. The van der Waals surface area contributed by atoms with Gasteiger partial charge in [-0.3, -0.25) is 0 Å². The topological polar surface area (TPSA) is 21.3 Å². The summed E-state index contributed by atoms with van der Waals surface area (Å²) < 4.78 is 6.00. The first-order valence-corrected chi connectivity index (χ1v) is 5.80. The van der Waals surface area contributed by atoms with Gasteiger partial charge >= 0.3 is 0 Å². The highest BCUT2D eigenvalue weighted by molar-refractivity contribution is 5.37. The molecule has 0 saturated heterocycles. The molecule has 2 atom stereocenters. The Morgan fingerprint density at radius 3 is 2.80 bits per heavy atom. The summed E-state index contributed by atoms with van der Waals surface area (Å²) in [5.41, 5.74) is 1.36. The zero-order chi connectivity index (χ0) is 10.3. The molecule has 2 nitrogen and oxygen atoms in total. The highest BCUT2D eigenvalue weighted by atomic mass is 16.5. The standard InChI is InChI=1S/C13H17NO/c1-14-13(9-6-7-9)12-8-10-4-2-3-5-11(10)15-12/h2-5,9,12-14H,6-8H2,1H3. The van der Waals surface area contributed by atoms with Gasteiger partial charge < -0.3 is 10.1 Å². The van der Waals surface area contributed by atoms with Crippen LogP contribution < -0.4 is 10.1 Å². The number of para-hydroxylation sites is 1. The van der Waals surface area contributed by atoms with Crippen LogP contribution in [0.4, 0.5) is 0 Å². The van der Waals surface area contributed by atoms with Crippen LogP contribution in [0.5, 0.6) is 5.75 Å². The molecule has 1 aromatic rings. The molecule has 80 valence electrons. The van der Waals surface area contributed by atoms with Crippen LogP contribution in [-0.4, -0.2) is 19.2 Å². The Bertz CT molecular complexity index is 334. The maximum absolute atomic E-state index is 6.00. The summed E-state index contributed by atoms with van der Waals surface area (Å²) in [6, 6.07) is 8.93. The van der Waals surface area contributed by atoms with Crippen LogP contribution in [0, 0.1) is 5.92 Å². The third-order valence-corrected chi connectivity index (χ3v) is 3.54. The van der Waals surface area contributed by atoms with Gasteiger partial charge in [0, 0.05) is 12.5 Å². The van der Waals surface area contributed by atoms with E-state index in [9.17, 15) is 0 Å². The lowest BCUT2D eigenvalue weighted by Crippen LogP contribution is -2.42. The van der Waals surface area contributed by atoms with E-state index < -0.39 is 0 Å². The van der Waals surface area contributed by atoms with Crippen LogP contribution in [0.3, 0.4) is 0 Å². The van der Waals surface area contributed by atoms with Crippen LogP contribution >= 0.6 is 0 Å². The molecule has 1 aliphatic carbocycles. The van der Waals surface area contributed by atoms with Crippen LogP contribution in [0.25, 0.3) is 0 Å². The lowest BCUT2D eigenvalue weighted by atomic mass is 10.0. The Morgan fingerprint density at radius 1 is 1.33 bits per heavy atom. The van der Waals surface area contributed by atoms with E-state index in [4.69, 9.17) is 4.74 Å². The minimum Gasteiger partial charge on any atom is -0.488 e. The van der Waals surface area contributed by atoms with Crippen LogP contribution in [-0.2, 0) is 6.42 Å². The highest BCUT2D eigenvalue weighted by Gasteiger charge is 2.39. The number of fused-ring (bicyclic) bond motifs is 1. The van der Waals surface area contributed by atoms with Gasteiger partial charge in [-0.25, -0.2) is 0 Å². The van der Waals surface area contributed by atoms with Crippen molar-refractivity contribution >= 4 is 0 Å². The number of rotatable bonds is 3. The molecule has 2 aliphatic rings. The number of nitrogens with one attached hydrogen (secondary N) is 1. The van der Waals surface area contributed by atoms with Crippen molar-refractivity contribution in [3.8, 4) is 5.75 Å². The van der Waals surface area contributed by atoms with Gasteiger partial charge in [-0.05, 0) is 37.4 Å². The fourth-order valence-corrected chi connectivity index (χ4v) is 2.59. The van der Waals surface area contributed by atoms with E-state index in [1.807, 2.05) is 6.07 Å². The van der Waals surface area contributed by atoms with Gasteiger partial charge in [-0.1, -0.05) is 18.2 Å². The van der Waals surface area contributed by atoms with Gasteiger partial charge in [0.1, 0.15) is 11.9 Å². The summed E-state index contributed by atoms with van der Waals surface area (Å²) in [5.74, 6) is 1.93. The van der Waals surface area contributed by atoms with E-state index in [1.165, 1.54) is 18.4 Å². The Morgan fingerprint density at radius 2 is 2.13 bits per heavy atom. The lowest BCUT2D eigenvalue weighted by Gasteiger charge is -2.22. The smallest absolute Gasteiger partial charge is 0.123 e. The molecule has 1 aliphatic heterocycles. The fourth-order valence-electron chi connectivity index (χ4n) is 2.59. The van der Waals surface area contributed by atoms with Crippen LogP contribution in [0.2, 0.25) is 0 Å². The summed E-state index contributed by atoms with van der Waals surface area (Å²) in [4.78, 5) is 0. The van der Waals surface area contributed by atoms with E-state index in [0.717, 1.165) is 18.1 Å². The second-order valence-corrected chi connectivity index (χ2v) is 4.62. The summed E-state index contributed by atoms with van der Waals surface area (Å²) in [6.45, 7) is 0. The Balaban J connectivity index is 1.77. The van der Waals surface area contributed by atoms with Crippen molar-refractivity contribution < 1.29 is 4.74 Å². The average Bonchev–Trinajstić information content (AvgIpc) is 2.99. The molecule has 1 heterocycles. The molecule has 1 aromatic carbocycles. The third kappa shape index (κ3) is 1.63. The first-order valence-electron chi connectivity index (χ1n) is 5.80. The van der Waals surface area contributed by atoms with Gasteiger partial charge in [0.15, 0.2) is 0 Å². The molecule has 1 fully saturated rings. The summed E-state index contributed by atoms with van der Waals surface area (Å²) in [5, 5.41) is 3.42. The van der Waals surface area contributed by atoms with Crippen LogP contribution in [0.15, 0.2) is 24.3 Å². The first kappa shape index (κ1) is 9.22. The van der Waals surface area contributed by atoms with Crippen molar-refractivity contribution in [3.63, 3.8) is 0 Å². The van der Waals surface area contributed by atoms with Crippen molar-refractivity contribution in [1.29, 1.82) is 0 Å². The van der Waals surface area contributed by atoms with Crippen molar-refractivity contribution in [1.82, 2.24) is 5.32 Å². The number of hydrogen-bond donors (Lipinski definition) is 1. The Kier molecular flexibility index (Phi) is 2.17. The van der Waals surface area contributed by atoms with Crippen molar-refractivity contribution in [2.24, 2.45) is 5.92 Å². The molecular weight excluding hydrogens is 186 g/mol. The molecule has 3 rings (SSSR count). The number of ether oxygens (including phenoxy) is 1.